The summed E-state index contributed by atoms with van der Waals surface area (Å²) in [6.07, 6.45) is -4.64. The van der Waals surface area contributed by atoms with E-state index in [1.165, 1.54) is 13.1 Å². The number of H-pyrrole nitrogens is 1. The summed E-state index contributed by atoms with van der Waals surface area (Å²) in [4.78, 5) is 24.8. The van der Waals surface area contributed by atoms with Gasteiger partial charge in [-0.15, -0.1) is 0 Å². The first-order valence-corrected chi connectivity index (χ1v) is 5.36. The molecule has 1 aromatic rings. The molecule has 1 aliphatic heterocycles. The van der Waals surface area contributed by atoms with E-state index in [4.69, 9.17) is 9.84 Å². The Labute approximate surface area is 100 Å². The SMILES string of the molecule is Cc1cn([C@@H]2O[C@H](CO)C(F)[C@@H]2O)c(=O)[nH]c1=O. The van der Waals surface area contributed by atoms with Crippen LogP contribution in [0.3, 0.4) is 0 Å². The van der Waals surface area contributed by atoms with Crippen molar-refractivity contribution in [3.8, 4) is 0 Å². The summed E-state index contributed by atoms with van der Waals surface area (Å²) in [5.74, 6) is 0. The van der Waals surface area contributed by atoms with Crippen molar-refractivity contribution in [2.75, 3.05) is 6.61 Å². The van der Waals surface area contributed by atoms with E-state index in [-0.39, 0.29) is 5.56 Å². The second-order valence-corrected chi connectivity index (χ2v) is 4.16. The van der Waals surface area contributed by atoms with Crippen molar-refractivity contribution in [3.63, 3.8) is 0 Å². The highest BCUT2D eigenvalue weighted by Crippen LogP contribution is 2.30. The number of aromatic amines is 1. The van der Waals surface area contributed by atoms with Crippen LogP contribution in [0.1, 0.15) is 11.8 Å². The highest BCUT2D eigenvalue weighted by Gasteiger charge is 2.45. The van der Waals surface area contributed by atoms with Crippen molar-refractivity contribution in [3.05, 3.63) is 32.6 Å². The molecule has 0 aromatic carbocycles. The Morgan fingerprint density at radius 1 is 1.56 bits per heavy atom. The van der Waals surface area contributed by atoms with Crippen molar-refractivity contribution in [2.45, 2.75) is 31.5 Å². The van der Waals surface area contributed by atoms with Gasteiger partial charge in [0.15, 0.2) is 12.4 Å². The van der Waals surface area contributed by atoms with Gasteiger partial charge in [-0.2, -0.15) is 0 Å². The van der Waals surface area contributed by atoms with Crippen LogP contribution in [0.15, 0.2) is 15.8 Å². The van der Waals surface area contributed by atoms with Gasteiger partial charge in [-0.25, -0.2) is 9.18 Å². The van der Waals surface area contributed by atoms with E-state index >= 15 is 0 Å². The normalized spacial score (nSPS) is 31.8. The van der Waals surface area contributed by atoms with Crippen molar-refractivity contribution in [1.29, 1.82) is 0 Å². The summed E-state index contributed by atoms with van der Waals surface area (Å²) >= 11 is 0. The minimum absolute atomic E-state index is 0.230. The first kappa shape index (κ1) is 12.9. The van der Waals surface area contributed by atoms with E-state index in [0.717, 1.165) is 4.57 Å². The van der Waals surface area contributed by atoms with Crippen LogP contribution in [-0.2, 0) is 4.74 Å². The average Bonchev–Trinajstić information content (AvgIpc) is 2.61. The molecule has 2 rings (SSSR count). The van der Waals surface area contributed by atoms with Gasteiger partial charge in [-0.05, 0) is 6.92 Å². The number of nitrogens with zero attached hydrogens (tertiary/aromatic N) is 1. The van der Waals surface area contributed by atoms with Gasteiger partial charge in [0, 0.05) is 11.8 Å². The maximum absolute atomic E-state index is 13.5. The van der Waals surface area contributed by atoms with Crippen LogP contribution in [0.5, 0.6) is 0 Å². The molecule has 4 atom stereocenters. The van der Waals surface area contributed by atoms with Crippen molar-refractivity contribution in [2.24, 2.45) is 0 Å². The van der Waals surface area contributed by atoms with Gasteiger partial charge in [0.25, 0.3) is 5.56 Å². The zero-order chi connectivity index (χ0) is 13.4. The molecule has 1 aliphatic rings. The van der Waals surface area contributed by atoms with E-state index in [1.807, 2.05) is 4.98 Å². The third-order valence-electron chi connectivity index (χ3n) is 2.89. The van der Waals surface area contributed by atoms with Crippen molar-refractivity contribution < 1.29 is 19.3 Å². The summed E-state index contributed by atoms with van der Waals surface area (Å²) in [6, 6.07) is 0. The number of aromatic nitrogens is 2. The number of alkyl halides is 1. The average molecular weight is 260 g/mol. The molecule has 1 aromatic heterocycles. The standard InChI is InChI=1S/C10H13FN2O5/c1-4-2-13(10(17)12-8(4)16)9-7(15)6(11)5(3-14)18-9/h2,5-7,9,14-15H,3H2,1H3,(H,12,16,17)/t5-,6?,7+,9-/m1/s1. The van der Waals surface area contributed by atoms with Crippen molar-refractivity contribution in [1.82, 2.24) is 9.55 Å². The van der Waals surface area contributed by atoms with Gasteiger partial charge >= 0.3 is 5.69 Å². The zero-order valence-electron chi connectivity index (χ0n) is 9.54. The van der Waals surface area contributed by atoms with Gasteiger partial charge in [0.2, 0.25) is 0 Å². The molecule has 0 saturated carbocycles. The lowest BCUT2D eigenvalue weighted by Crippen LogP contribution is -2.37. The number of halogens is 1. The molecule has 0 radical (unpaired) electrons. The fourth-order valence-electron chi connectivity index (χ4n) is 1.86. The first-order chi connectivity index (χ1) is 8.45. The van der Waals surface area contributed by atoms with E-state index in [0.29, 0.717) is 0 Å². The quantitative estimate of drug-likeness (QED) is 0.596. The number of rotatable bonds is 2. The van der Waals surface area contributed by atoms with E-state index < -0.39 is 42.5 Å². The molecule has 3 N–H and O–H groups in total. The molecule has 100 valence electrons. The molecule has 7 nitrogen and oxygen atoms in total. The number of ether oxygens (including phenoxy) is 1. The molecule has 2 heterocycles. The lowest BCUT2D eigenvalue weighted by atomic mass is 10.1. The molecule has 0 spiro atoms. The molecular formula is C10H13FN2O5. The fraction of sp³-hybridized carbons (Fsp3) is 0.600. The Kier molecular flexibility index (Phi) is 3.33. The maximum atomic E-state index is 13.5. The lowest BCUT2D eigenvalue weighted by molar-refractivity contribution is -0.0538. The van der Waals surface area contributed by atoms with E-state index in [1.54, 1.807) is 0 Å². The van der Waals surface area contributed by atoms with Gasteiger partial charge in [0.1, 0.15) is 12.2 Å². The number of hydrogen-bond donors (Lipinski definition) is 3. The van der Waals surface area contributed by atoms with Crippen LogP contribution >= 0.6 is 0 Å². The summed E-state index contributed by atoms with van der Waals surface area (Å²) in [7, 11) is 0. The zero-order valence-corrected chi connectivity index (χ0v) is 9.54. The predicted molar refractivity (Wildman–Crippen MR) is 58.0 cm³/mol. The molecule has 0 aliphatic carbocycles. The van der Waals surface area contributed by atoms with Gasteiger partial charge in [-0.1, -0.05) is 0 Å². The topological polar surface area (TPSA) is 105 Å². The number of aliphatic hydroxyl groups excluding tert-OH is 2. The second kappa shape index (κ2) is 4.63. The van der Waals surface area contributed by atoms with Crippen LogP contribution in [0.4, 0.5) is 4.39 Å². The Hall–Kier alpha value is -1.51. The van der Waals surface area contributed by atoms with Gasteiger partial charge < -0.3 is 14.9 Å². The molecule has 0 amide bonds. The number of hydrogen-bond acceptors (Lipinski definition) is 5. The third kappa shape index (κ3) is 1.98. The van der Waals surface area contributed by atoms with E-state index in [2.05, 4.69) is 0 Å². The monoisotopic (exact) mass is 260 g/mol. The van der Waals surface area contributed by atoms with Crippen LogP contribution in [-0.4, -0.2) is 44.8 Å². The molecule has 1 fully saturated rings. The lowest BCUT2D eigenvalue weighted by Gasteiger charge is -2.17. The summed E-state index contributed by atoms with van der Waals surface area (Å²) in [5.41, 5.74) is -1.13. The Balaban J connectivity index is 2.42. The summed E-state index contributed by atoms with van der Waals surface area (Å²) in [5, 5.41) is 18.5. The van der Waals surface area contributed by atoms with Crippen LogP contribution in [0, 0.1) is 6.92 Å². The molecule has 0 bridgehead atoms. The van der Waals surface area contributed by atoms with Crippen LogP contribution in [0.25, 0.3) is 0 Å². The van der Waals surface area contributed by atoms with Crippen molar-refractivity contribution >= 4 is 0 Å². The minimum atomic E-state index is -1.79. The van der Waals surface area contributed by atoms with E-state index in [9.17, 15) is 19.1 Å². The Morgan fingerprint density at radius 2 is 2.22 bits per heavy atom. The molecule has 8 heteroatoms. The number of aryl methyl sites for hydroxylation is 1. The highest BCUT2D eigenvalue weighted by atomic mass is 19.1. The van der Waals surface area contributed by atoms with Crippen LogP contribution in [0.2, 0.25) is 0 Å². The van der Waals surface area contributed by atoms with Crippen LogP contribution < -0.4 is 11.2 Å². The predicted octanol–water partition coefficient (Wildman–Crippen LogP) is -1.57. The number of nitrogens with one attached hydrogen (secondary N) is 1. The highest BCUT2D eigenvalue weighted by molar-refractivity contribution is 5.03. The smallest absolute Gasteiger partial charge is 0.330 e. The maximum Gasteiger partial charge on any atom is 0.330 e. The summed E-state index contributed by atoms with van der Waals surface area (Å²) in [6.45, 7) is 0.859. The molecule has 18 heavy (non-hydrogen) atoms. The summed E-state index contributed by atoms with van der Waals surface area (Å²) < 4.78 is 19.5. The third-order valence-corrected chi connectivity index (χ3v) is 2.89. The fourth-order valence-corrected chi connectivity index (χ4v) is 1.86. The number of aliphatic hydroxyl groups is 2. The minimum Gasteiger partial charge on any atom is -0.394 e. The molecule has 1 unspecified atom stereocenters. The molecular weight excluding hydrogens is 247 g/mol. The largest absolute Gasteiger partial charge is 0.394 e. The Bertz CT molecular complexity index is 554. The Morgan fingerprint density at radius 3 is 2.78 bits per heavy atom. The van der Waals surface area contributed by atoms with Gasteiger partial charge in [-0.3, -0.25) is 14.3 Å². The first-order valence-electron chi connectivity index (χ1n) is 5.36. The van der Waals surface area contributed by atoms with Gasteiger partial charge in [0.05, 0.1) is 6.61 Å². The molecule has 1 saturated heterocycles. The second-order valence-electron chi connectivity index (χ2n) is 4.16.